The Bertz CT molecular complexity index is 1030. The summed E-state index contributed by atoms with van der Waals surface area (Å²) in [5.74, 6) is -0.0962. The topological polar surface area (TPSA) is 129 Å². The highest BCUT2D eigenvalue weighted by Crippen LogP contribution is 2.52. The SMILES string of the molecule is COc1cc(CO)cc2c1O[C@@H]1[C@@H](O)[C@H](N(C(=O)C3CC3)C3CCCCC3)C=C(C(=O)NCCO)[C@H]21. The minimum Gasteiger partial charge on any atom is -0.493 e. The molecule has 1 aromatic rings. The number of nitrogens with one attached hydrogen (secondary N) is 1. The summed E-state index contributed by atoms with van der Waals surface area (Å²) in [6.45, 7) is -0.335. The van der Waals surface area contributed by atoms with Gasteiger partial charge in [0.1, 0.15) is 12.2 Å². The Kier molecular flexibility index (Phi) is 7.23. The van der Waals surface area contributed by atoms with Crippen LogP contribution in [0.25, 0.3) is 0 Å². The molecular weight excluding hydrogens is 464 g/mol. The van der Waals surface area contributed by atoms with Gasteiger partial charge in [0.2, 0.25) is 11.8 Å². The highest BCUT2D eigenvalue weighted by molar-refractivity contribution is 5.96. The van der Waals surface area contributed by atoms with E-state index in [4.69, 9.17) is 9.47 Å². The van der Waals surface area contributed by atoms with E-state index < -0.39 is 24.2 Å². The fraction of sp³-hybridized carbons (Fsp3) is 0.630. The predicted molar refractivity (Wildman–Crippen MR) is 130 cm³/mol. The van der Waals surface area contributed by atoms with Gasteiger partial charge < -0.3 is 35.0 Å². The highest BCUT2D eigenvalue weighted by atomic mass is 16.5. The van der Waals surface area contributed by atoms with Crippen molar-refractivity contribution < 1.29 is 34.4 Å². The summed E-state index contributed by atoms with van der Waals surface area (Å²) in [6.07, 6.45) is 6.56. The third-order valence-corrected chi connectivity index (χ3v) is 7.97. The average molecular weight is 501 g/mol. The number of aliphatic hydroxyl groups excluding tert-OH is 3. The Balaban J connectivity index is 1.59. The van der Waals surface area contributed by atoms with Crippen LogP contribution in [-0.2, 0) is 16.2 Å². The van der Waals surface area contributed by atoms with Gasteiger partial charge >= 0.3 is 0 Å². The quantitative estimate of drug-likeness (QED) is 0.425. The number of benzene rings is 1. The first-order valence-electron chi connectivity index (χ1n) is 13.1. The summed E-state index contributed by atoms with van der Waals surface area (Å²) in [5, 5.41) is 33.5. The van der Waals surface area contributed by atoms with Crippen molar-refractivity contribution in [1.29, 1.82) is 0 Å². The van der Waals surface area contributed by atoms with Crippen LogP contribution in [0.3, 0.4) is 0 Å². The molecule has 1 heterocycles. The zero-order valence-electron chi connectivity index (χ0n) is 20.7. The van der Waals surface area contributed by atoms with Crippen LogP contribution in [0.15, 0.2) is 23.8 Å². The van der Waals surface area contributed by atoms with Gasteiger partial charge in [-0.2, -0.15) is 0 Å². The van der Waals surface area contributed by atoms with Gasteiger partial charge in [-0.3, -0.25) is 9.59 Å². The average Bonchev–Trinajstić information content (AvgIpc) is 3.69. The third kappa shape index (κ3) is 4.48. The number of rotatable bonds is 8. The summed E-state index contributed by atoms with van der Waals surface area (Å²) in [5.41, 5.74) is 1.66. The molecule has 0 radical (unpaired) electrons. The normalized spacial score (nSPS) is 27.4. The van der Waals surface area contributed by atoms with E-state index in [1.165, 1.54) is 7.11 Å². The predicted octanol–water partition coefficient (Wildman–Crippen LogP) is 1.38. The number of hydrogen-bond donors (Lipinski definition) is 4. The van der Waals surface area contributed by atoms with E-state index in [0.717, 1.165) is 44.9 Å². The zero-order valence-corrected chi connectivity index (χ0v) is 20.7. The molecule has 5 rings (SSSR count). The molecule has 4 atom stereocenters. The lowest BCUT2D eigenvalue weighted by Gasteiger charge is -2.45. The van der Waals surface area contributed by atoms with E-state index in [1.807, 2.05) is 4.90 Å². The molecule has 9 nitrogen and oxygen atoms in total. The van der Waals surface area contributed by atoms with Crippen molar-refractivity contribution in [1.82, 2.24) is 10.2 Å². The molecule has 9 heteroatoms. The maximum absolute atomic E-state index is 13.6. The molecule has 4 N–H and O–H groups in total. The molecule has 2 saturated carbocycles. The Hall–Kier alpha value is -2.62. The molecule has 1 aromatic carbocycles. The number of ether oxygens (including phenoxy) is 2. The first-order chi connectivity index (χ1) is 17.5. The highest BCUT2D eigenvalue weighted by Gasteiger charge is 2.53. The minimum absolute atomic E-state index is 0.0142. The van der Waals surface area contributed by atoms with Crippen molar-refractivity contribution in [3.63, 3.8) is 0 Å². The largest absolute Gasteiger partial charge is 0.493 e. The van der Waals surface area contributed by atoms with Crippen molar-refractivity contribution >= 4 is 11.8 Å². The van der Waals surface area contributed by atoms with E-state index in [9.17, 15) is 24.9 Å². The Morgan fingerprint density at radius 2 is 1.89 bits per heavy atom. The van der Waals surface area contributed by atoms with E-state index in [2.05, 4.69) is 5.32 Å². The first-order valence-corrected chi connectivity index (χ1v) is 13.1. The van der Waals surface area contributed by atoms with Crippen LogP contribution < -0.4 is 14.8 Å². The number of hydrogen-bond acceptors (Lipinski definition) is 7. The lowest BCUT2D eigenvalue weighted by molar-refractivity contribution is -0.142. The maximum Gasteiger partial charge on any atom is 0.247 e. The fourth-order valence-electron chi connectivity index (χ4n) is 6.06. The Labute approximate surface area is 211 Å². The van der Waals surface area contributed by atoms with Crippen molar-refractivity contribution in [2.45, 2.75) is 81.8 Å². The van der Waals surface area contributed by atoms with Crippen LogP contribution in [0, 0.1) is 5.92 Å². The second-order valence-electron chi connectivity index (χ2n) is 10.3. The van der Waals surface area contributed by atoms with Crippen molar-refractivity contribution in [3.8, 4) is 11.5 Å². The molecular formula is C27H36N2O7. The van der Waals surface area contributed by atoms with Gasteiger partial charge in [-0.1, -0.05) is 19.3 Å². The molecule has 36 heavy (non-hydrogen) atoms. The van der Waals surface area contributed by atoms with Crippen LogP contribution in [0.1, 0.15) is 62.0 Å². The molecule has 0 spiro atoms. The third-order valence-electron chi connectivity index (χ3n) is 7.97. The van der Waals surface area contributed by atoms with Crippen molar-refractivity contribution in [2.24, 2.45) is 5.92 Å². The van der Waals surface area contributed by atoms with Gasteiger partial charge in [0.15, 0.2) is 11.5 Å². The molecule has 2 amide bonds. The van der Waals surface area contributed by atoms with Crippen LogP contribution >= 0.6 is 0 Å². The number of methoxy groups -OCH3 is 1. The van der Waals surface area contributed by atoms with Crippen LogP contribution in [0.4, 0.5) is 0 Å². The summed E-state index contributed by atoms with van der Waals surface area (Å²) in [4.78, 5) is 28.8. The molecule has 3 aliphatic carbocycles. The van der Waals surface area contributed by atoms with E-state index in [0.29, 0.717) is 28.2 Å². The maximum atomic E-state index is 13.6. The number of fused-ring (bicyclic) bond motifs is 3. The van der Waals surface area contributed by atoms with Crippen LogP contribution in [-0.4, -0.2) is 76.6 Å². The molecule has 0 saturated heterocycles. The van der Waals surface area contributed by atoms with Crippen molar-refractivity contribution in [3.05, 3.63) is 34.9 Å². The minimum atomic E-state index is -1.05. The van der Waals surface area contributed by atoms with E-state index in [-0.39, 0.29) is 43.5 Å². The standard InChI is InChI=1S/C27H36N2O7/c1-35-21-12-15(14-31)11-18-22-19(26(33)28-9-10-30)13-20(23(32)25(22)36-24(18)21)29(27(34)16-7-8-16)17-5-3-2-4-6-17/h11-13,16-17,20,22-23,25,30-32H,2-10,14H2,1H3,(H,28,33)/t20-,22+,23+,25+/m1/s1. The molecule has 0 unspecified atom stereocenters. The van der Waals surface area contributed by atoms with E-state index in [1.54, 1.807) is 18.2 Å². The Morgan fingerprint density at radius 1 is 1.14 bits per heavy atom. The summed E-state index contributed by atoms with van der Waals surface area (Å²) in [6, 6.07) is 2.77. The Morgan fingerprint density at radius 3 is 2.53 bits per heavy atom. The fourth-order valence-corrected chi connectivity index (χ4v) is 6.06. The van der Waals surface area contributed by atoms with Crippen molar-refractivity contribution in [2.75, 3.05) is 20.3 Å². The second kappa shape index (κ2) is 10.4. The monoisotopic (exact) mass is 500 g/mol. The molecule has 0 aromatic heterocycles. The smallest absolute Gasteiger partial charge is 0.247 e. The van der Waals surface area contributed by atoms with Gasteiger partial charge in [0, 0.05) is 29.6 Å². The second-order valence-corrected chi connectivity index (χ2v) is 10.3. The summed E-state index contributed by atoms with van der Waals surface area (Å²) >= 11 is 0. The van der Waals surface area contributed by atoms with Gasteiger partial charge in [-0.25, -0.2) is 0 Å². The summed E-state index contributed by atoms with van der Waals surface area (Å²) < 4.78 is 11.8. The molecule has 2 fully saturated rings. The first kappa shape index (κ1) is 25.0. The summed E-state index contributed by atoms with van der Waals surface area (Å²) in [7, 11) is 1.51. The van der Waals surface area contributed by atoms with Gasteiger partial charge in [0.05, 0.1) is 32.3 Å². The molecule has 4 aliphatic rings. The molecule has 196 valence electrons. The number of aliphatic hydroxyl groups is 3. The number of carbonyl (C=O) groups excluding carboxylic acids is 2. The lowest BCUT2D eigenvalue weighted by Crippen LogP contribution is -2.59. The molecule has 1 aliphatic heterocycles. The van der Waals surface area contributed by atoms with Gasteiger partial charge in [-0.15, -0.1) is 0 Å². The number of nitrogens with zero attached hydrogens (tertiary/aromatic N) is 1. The number of carbonyl (C=O) groups is 2. The number of amides is 2. The van der Waals surface area contributed by atoms with Crippen LogP contribution in [0.5, 0.6) is 11.5 Å². The molecule has 0 bridgehead atoms. The van der Waals surface area contributed by atoms with Crippen LogP contribution in [0.2, 0.25) is 0 Å². The van der Waals surface area contributed by atoms with E-state index >= 15 is 0 Å². The van der Waals surface area contributed by atoms with Gasteiger partial charge in [0.25, 0.3) is 0 Å². The lowest BCUT2D eigenvalue weighted by atomic mass is 9.76. The van der Waals surface area contributed by atoms with Gasteiger partial charge in [-0.05, 0) is 49.5 Å². The zero-order chi connectivity index (χ0) is 25.4.